The Morgan fingerprint density at radius 2 is 1.51 bits per heavy atom. The highest BCUT2D eigenvalue weighted by molar-refractivity contribution is 6.99. The van der Waals surface area contributed by atoms with E-state index >= 15 is 0 Å². The minimum absolute atomic E-state index is 0.0663. The molecule has 43 heavy (non-hydrogen) atoms. The molecular formula is C34H38N2O6Si. The van der Waals surface area contributed by atoms with Gasteiger partial charge in [-0.15, -0.1) is 0 Å². The summed E-state index contributed by atoms with van der Waals surface area (Å²) in [5, 5.41) is 1.90. The first-order valence-corrected chi connectivity index (χ1v) is 16.4. The van der Waals surface area contributed by atoms with Crippen LogP contribution in [0.3, 0.4) is 0 Å². The standard InChI is InChI=1S/C34H38N2O6Si/c1-23-16-18-25(19-17-23)32(38)40-22-29-28(20-30(41-29)36-21-24(2)31(37)35-33(36)39)42-43(34(3,4)5,26-12-8-6-9-13-26)27-14-10-7-11-15-27/h6-19,21,28-30H,20,22H2,1-5H3,(H,35,37,39)/t28-,29+,30+/m0/s1. The molecule has 0 amide bonds. The summed E-state index contributed by atoms with van der Waals surface area (Å²) in [5.41, 5.74) is 0.864. The van der Waals surface area contributed by atoms with E-state index in [-0.39, 0.29) is 11.6 Å². The molecule has 3 atom stereocenters. The number of ether oxygens (including phenoxy) is 2. The van der Waals surface area contributed by atoms with Gasteiger partial charge in [-0.1, -0.05) is 99.1 Å². The van der Waals surface area contributed by atoms with Crippen LogP contribution >= 0.6 is 0 Å². The molecular weight excluding hydrogens is 560 g/mol. The maximum absolute atomic E-state index is 13.0. The Labute approximate surface area is 252 Å². The number of hydrogen-bond donors (Lipinski definition) is 1. The third-order valence-electron chi connectivity index (χ3n) is 8.05. The number of aryl methyl sites for hydroxylation is 2. The molecule has 5 rings (SSSR count). The second-order valence-electron chi connectivity index (χ2n) is 12.1. The molecule has 8 nitrogen and oxygen atoms in total. The van der Waals surface area contributed by atoms with Crippen LogP contribution in [-0.2, 0) is 13.9 Å². The molecule has 3 aromatic carbocycles. The van der Waals surface area contributed by atoms with Crippen molar-refractivity contribution in [2.45, 2.75) is 64.5 Å². The van der Waals surface area contributed by atoms with Gasteiger partial charge in [0.2, 0.25) is 0 Å². The molecule has 1 aromatic heterocycles. The molecule has 0 bridgehead atoms. The van der Waals surface area contributed by atoms with Crippen LogP contribution < -0.4 is 21.6 Å². The van der Waals surface area contributed by atoms with E-state index in [2.05, 4.69) is 50.0 Å². The first-order chi connectivity index (χ1) is 20.5. The van der Waals surface area contributed by atoms with Gasteiger partial charge in [-0.05, 0) is 41.4 Å². The van der Waals surface area contributed by atoms with Crippen LogP contribution in [0.25, 0.3) is 0 Å². The minimum Gasteiger partial charge on any atom is -0.459 e. The molecule has 0 unspecified atom stereocenters. The Morgan fingerprint density at radius 3 is 2.07 bits per heavy atom. The van der Waals surface area contributed by atoms with Gasteiger partial charge in [0.05, 0.1) is 11.7 Å². The molecule has 0 saturated carbocycles. The highest BCUT2D eigenvalue weighted by atomic mass is 28.4. The van der Waals surface area contributed by atoms with Crippen molar-refractivity contribution in [3.05, 3.63) is 129 Å². The fourth-order valence-electron chi connectivity index (χ4n) is 5.79. The zero-order valence-corrected chi connectivity index (χ0v) is 26.2. The quantitative estimate of drug-likeness (QED) is 0.241. The van der Waals surface area contributed by atoms with E-state index in [9.17, 15) is 14.4 Å². The number of benzene rings is 3. The van der Waals surface area contributed by atoms with Crippen molar-refractivity contribution in [1.82, 2.24) is 9.55 Å². The molecule has 4 aromatic rings. The number of hydrogen-bond acceptors (Lipinski definition) is 6. The highest BCUT2D eigenvalue weighted by Gasteiger charge is 2.54. The van der Waals surface area contributed by atoms with Gasteiger partial charge in [0.15, 0.2) is 0 Å². The second-order valence-corrected chi connectivity index (χ2v) is 16.4. The molecule has 0 spiro atoms. The lowest BCUT2D eigenvalue weighted by Gasteiger charge is -2.45. The number of nitrogens with one attached hydrogen (secondary N) is 1. The SMILES string of the molecule is Cc1ccc(C(=O)OC[C@H]2O[C@@H](n3cc(C)c(=O)[nH]c3=O)C[C@@H]2O[Si](c2ccccc2)(c2ccccc2)C(C)(C)C)cc1. The second kappa shape index (κ2) is 12.3. The van der Waals surface area contributed by atoms with Gasteiger partial charge in [0.25, 0.3) is 13.9 Å². The normalized spacial score (nSPS) is 18.9. The predicted octanol–water partition coefficient (Wildman–Crippen LogP) is 4.24. The van der Waals surface area contributed by atoms with E-state index in [1.807, 2.05) is 55.5 Å². The van der Waals surface area contributed by atoms with Crippen LogP contribution in [0.2, 0.25) is 5.04 Å². The molecule has 0 aliphatic carbocycles. The van der Waals surface area contributed by atoms with Gasteiger partial charge >= 0.3 is 11.7 Å². The summed E-state index contributed by atoms with van der Waals surface area (Å²) in [6.45, 7) is 10.1. The fourth-order valence-corrected chi connectivity index (χ4v) is 10.5. The molecule has 1 aliphatic heterocycles. The Kier molecular flexibility index (Phi) is 8.68. The maximum atomic E-state index is 13.0. The largest absolute Gasteiger partial charge is 0.459 e. The Balaban J connectivity index is 1.55. The number of carbonyl (C=O) groups is 1. The van der Waals surface area contributed by atoms with Gasteiger partial charge in [0, 0.05) is 18.2 Å². The van der Waals surface area contributed by atoms with Crippen molar-refractivity contribution in [2.75, 3.05) is 6.61 Å². The van der Waals surface area contributed by atoms with Gasteiger partial charge < -0.3 is 13.9 Å². The molecule has 2 heterocycles. The van der Waals surface area contributed by atoms with Crippen LogP contribution in [0.15, 0.2) is 101 Å². The zero-order chi connectivity index (χ0) is 30.8. The lowest BCUT2D eigenvalue weighted by Crippen LogP contribution is -2.68. The monoisotopic (exact) mass is 598 g/mol. The van der Waals surface area contributed by atoms with Gasteiger partial charge in [-0.3, -0.25) is 14.3 Å². The van der Waals surface area contributed by atoms with Crippen LogP contribution in [-0.4, -0.2) is 42.7 Å². The number of H-pyrrole nitrogens is 1. The average molecular weight is 599 g/mol. The zero-order valence-electron chi connectivity index (χ0n) is 25.2. The summed E-state index contributed by atoms with van der Waals surface area (Å²) in [7, 11) is -3.01. The number of carbonyl (C=O) groups excluding carboxylic acids is 1. The average Bonchev–Trinajstić information content (AvgIpc) is 3.39. The van der Waals surface area contributed by atoms with E-state index in [1.165, 1.54) is 10.8 Å². The van der Waals surface area contributed by atoms with Crippen LogP contribution in [0.1, 0.15) is 54.9 Å². The van der Waals surface area contributed by atoms with Crippen molar-refractivity contribution in [3.63, 3.8) is 0 Å². The molecule has 1 N–H and O–H groups in total. The molecule has 1 aliphatic rings. The number of esters is 1. The highest BCUT2D eigenvalue weighted by Crippen LogP contribution is 2.41. The van der Waals surface area contributed by atoms with Gasteiger partial charge in [0.1, 0.15) is 18.9 Å². The van der Waals surface area contributed by atoms with E-state index in [1.54, 1.807) is 19.1 Å². The van der Waals surface area contributed by atoms with Crippen molar-refractivity contribution in [2.24, 2.45) is 0 Å². The van der Waals surface area contributed by atoms with Crippen molar-refractivity contribution < 1.29 is 18.7 Å². The summed E-state index contributed by atoms with van der Waals surface area (Å²) < 4.78 is 21.0. The first kappa shape index (κ1) is 30.4. The van der Waals surface area contributed by atoms with E-state index in [4.69, 9.17) is 13.9 Å². The maximum Gasteiger partial charge on any atom is 0.338 e. The van der Waals surface area contributed by atoms with Gasteiger partial charge in [-0.25, -0.2) is 9.59 Å². The number of nitrogens with zero attached hydrogens (tertiary/aromatic N) is 1. The van der Waals surface area contributed by atoms with Gasteiger partial charge in [-0.2, -0.15) is 0 Å². The van der Waals surface area contributed by atoms with E-state index < -0.39 is 44.0 Å². The number of aromatic amines is 1. The first-order valence-electron chi connectivity index (χ1n) is 14.5. The minimum atomic E-state index is -3.01. The lowest BCUT2D eigenvalue weighted by atomic mass is 10.1. The van der Waals surface area contributed by atoms with Crippen molar-refractivity contribution >= 4 is 24.7 Å². The Morgan fingerprint density at radius 1 is 0.930 bits per heavy atom. The fraction of sp³-hybridized carbons (Fsp3) is 0.324. The summed E-state index contributed by atoms with van der Waals surface area (Å²) in [4.78, 5) is 40.3. The van der Waals surface area contributed by atoms with Crippen molar-refractivity contribution in [3.8, 4) is 0 Å². The molecule has 1 saturated heterocycles. The predicted molar refractivity (Wildman–Crippen MR) is 169 cm³/mol. The summed E-state index contributed by atoms with van der Waals surface area (Å²) in [6.07, 6.45) is -0.0921. The van der Waals surface area contributed by atoms with E-state index in [0.717, 1.165) is 15.9 Å². The Hall–Kier alpha value is -4.05. The van der Waals surface area contributed by atoms with Crippen LogP contribution in [0.4, 0.5) is 0 Å². The van der Waals surface area contributed by atoms with Crippen LogP contribution in [0.5, 0.6) is 0 Å². The summed E-state index contributed by atoms with van der Waals surface area (Å²) in [5.74, 6) is -0.465. The Bertz CT molecular complexity index is 1640. The molecule has 9 heteroatoms. The summed E-state index contributed by atoms with van der Waals surface area (Å²) in [6, 6.07) is 27.7. The molecule has 224 valence electrons. The third kappa shape index (κ3) is 6.20. The topological polar surface area (TPSA) is 99.6 Å². The lowest BCUT2D eigenvalue weighted by molar-refractivity contribution is -0.0509. The van der Waals surface area contributed by atoms with Crippen molar-refractivity contribution in [1.29, 1.82) is 0 Å². The third-order valence-corrected chi connectivity index (χ3v) is 13.1. The smallest absolute Gasteiger partial charge is 0.338 e. The van der Waals surface area contributed by atoms with E-state index in [0.29, 0.717) is 17.5 Å². The number of rotatable bonds is 8. The van der Waals surface area contributed by atoms with Crippen LogP contribution in [0, 0.1) is 13.8 Å². The number of aromatic nitrogens is 2. The molecule has 1 fully saturated rings. The molecule has 0 radical (unpaired) electrons. The summed E-state index contributed by atoms with van der Waals surface area (Å²) >= 11 is 0.